The predicted molar refractivity (Wildman–Crippen MR) is 61.1 cm³/mol. The normalized spacial score (nSPS) is 23.0. The van der Waals surface area contributed by atoms with Crippen LogP contribution in [0.15, 0.2) is 12.1 Å². The van der Waals surface area contributed by atoms with Crippen LogP contribution >= 0.6 is 0 Å². The first kappa shape index (κ1) is 12.6. The van der Waals surface area contributed by atoms with Gasteiger partial charge in [0, 0.05) is 18.2 Å². The van der Waals surface area contributed by atoms with Crippen LogP contribution in [-0.2, 0) is 4.79 Å². The van der Waals surface area contributed by atoms with Crippen LogP contribution in [0.25, 0.3) is 0 Å². The Kier molecular flexibility index (Phi) is 3.38. The van der Waals surface area contributed by atoms with E-state index in [4.69, 9.17) is 9.84 Å². The average Bonchev–Trinajstić information content (AvgIpc) is 2.82. The lowest BCUT2D eigenvalue weighted by Crippen LogP contribution is -2.17. The number of phenols is 1. The van der Waals surface area contributed by atoms with Gasteiger partial charge in [-0.3, -0.25) is 4.79 Å². The highest BCUT2D eigenvalue weighted by Gasteiger charge is 2.32. The summed E-state index contributed by atoms with van der Waals surface area (Å²) >= 11 is 0. The average molecular weight is 255 g/mol. The fourth-order valence-electron chi connectivity index (χ4n) is 2.16. The van der Waals surface area contributed by atoms with Crippen LogP contribution in [0, 0.1) is 11.7 Å². The van der Waals surface area contributed by atoms with Crippen molar-refractivity contribution >= 4 is 5.97 Å². The third-order valence-electron chi connectivity index (χ3n) is 3.18. The Balaban J connectivity index is 2.25. The van der Waals surface area contributed by atoms with E-state index < -0.39 is 29.5 Å². The summed E-state index contributed by atoms with van der Waals surface area (Å²) < 4.78 is 18.7. The quantitative estimate of drug-likeness (QED) is 0.758. The Morgan fingerprint density at radius 2 is 2.28 bits per heavy atom. The van der Waals surface area contributed by atoms with E-state index in [1.807, 2.05) is 0 Å². The third kappa shape index (κ3) is 2.11. The Morgan fingerprint density at radius 1 is 1.56 bits per heavy atom. The second-order valence-electron chi connectivity index (χ2n) is 4.25. The number of hydrogen-bond donors (Lipinski definition) is 3. The molecule has 1 aliphatic rings. The number of aliphatic carboxylic acids is 1. The number of hydrogen-bond acceptors (Lipinski definition) is 4. The molecule has 1 aliphatic heterocycles. The first-order valence-corrected chi connectivity index (χ1v) is 5.56. The Hall–Kier alpha value is -1.82. The van der Waals surface area contributed by atoms with Gasteiger partial charge in [0.2, 0.25) is 0 Å². The zero-order chi connectivity index (χ0) is 13.3. The molecule has 2 rings (SSSR count). The van der Waals surface area contributed by atoms with E-state index in [-0.39, 0.29) is 11.3 Å². The number of ether oxygens (including phenoxy) is 1. The van der Waals surface area contributed by atoms with Crippen molar-refractivity contribution in [2.45, 2.75) is 12.5 Å². The predicted octanol–water partition coefficient (Wildman–Crippen LogP) is 1.28. The van der Waals surface area contributed by atoms with Crippen LogP contribution in [0.4, 0.5) is 4.39 Å². The van der Waals surface area contributed by atoms with Gasteiger partial charge in [-0.25, -0.2) is 4.39 Å². The molecule has 0 saturated carbocycles. The SMILES string of the molecule is COc1ccc(C2CC(C(=O)O)CN2)c(F)c1O. The number of carboxylic acid groups (broad SMARTS) is 1. The van der Waals surface area contributed by atoms with Crippen molar-refractivity contribution in [3.8, 4) is 11.5 Å². The number of nitrogens with one attached hydrogen (secondary N) is 1. The van der Waals surface area contributed by atoms with Crippen molar-refractivity contribution in [1.29, 1.82) is 0 Å². The van der Waals surface area contributed by atoms with E-state index in [0.29, 0.717) is 13.0 Å². The standard InChI is InChI=1S/C12H14FNO4/c1-18-9-3-2-7(10(13)11(9)15)8-4-6(5-14-8)12(16)17/h2-3,6,8,14-15H,4-5H2,1H3,(H,16,17). The molecule has 6 heteroatoms. The van der Waals surface area contributed by atoms with Gasteiger partial charge in [0.05, 0.1) is 13.0 Å². The monoisotopic (exact) mass is 255 g/mol. The molecule has 3 N–H and O–H groups in total. The van der Waals surface area contributed by atoms with Crippen LogP contribution in [0.1, 0.15) is 18.0 Å². The first-order chi connectivity index (χ1) is 8.54. The van der Waals surface area contributed by atoms with E-state index >= 15 is 0 Å². The van der Waals surface area contributed by atoms with Gasteiger partial charge in [0.25, 0.3) is 0 Å². The maximum Gasteiger partial charge on any atom is 0.307 e. The van der Waals surface area contributed by atoms with Gasteiger partial charge in [0.15, 0.2) is 17.3 Å². The molecule has 0 bridgehead atoms. The third-order valence-corrected chi connectivity index (χ3v) is 3.18. The molecule has 0 radical (unpaired) electrons. The molecule has 0 aromatic heterocycles. The number of rotatable bonds is 3. The summed E-state index contributed by atoms with van der Waals surface area (Å²) in [6.45, 7) is 0.298. The number of methoxy groups -OCH3 is 1. The zero-order valence-corrected chi connectivity index (χ0v) is 9.81. The van der Waals surface area contributed by atoms with Crippen LogP contribution in [0.3, 0.4) is 0 Å². The number of benzene rings is 1. The largest absolute Gasteiger partial charge is 0.502 e. The molecule has 18 heavy (non-hydrogen) atoms. The summed E-state index contributed by atoms with van der Waals surface area (Å²) in [7, 11) is 1.34. The molecule has 2 atom stereocenters. The van der Waals surface area contributed by atoms with Gasteiger partial charge in [-0.2, -0.15) is 0 Å². The molecule has 98 valence electrons. The highest BCUT2D eigenvalue weighted by Crippen LogP contribution is 2.36. The minimum atomic E-state index is -0.900. The first-order valence-electron chi connectivity index (χ1n) is 5.56. The van der Waals surface area contributed by atoms with Crippen molar-refractivity contribution in [2.24, 2.45) is 5.92 Å². The van der Waals surface area contributed by atoms with Crippen molar-refractivity contribution in [3.05, 3.63) is 23.5 Å². The molecule has 0 amide bonds. The van der Waals surface area contributed by atoms with E-state index in [2.05, 4.69) is 5.32 Å². The highest BCUT2D eigenvalue weighted by atomic mass is 19.1. The number of carboxylic acids is 1. The van der Waals surface area contributed by atoms with Crippen LogP contribution in [0.5, 0.6) is 11.5 Å². The Morgan fingerprint density at radius 3 is 2.83 bits per heavy atom. The smallest absolute Gasteiger partial charge is 0.307 e. The van der Waals surface area contributed by atoms with Gasteiger partial charge >= 0.3 is 5.97 Å². The molecule has 1 saturated heterocycles. The van der Waals surface area contributed by atoms with Gasteiger partial charge in [0.1, 0.15) is 0 Å². The number of aromatic hydroxyl groups is 1. The summed E-state index contributed by atoms with van der Waals surface area (Å²) in [4.78, 5) is 10.8. The second kappa shape index (κ2) is 4.81. The number of phenolic OH excluding ortho intramolecular Hbond substituents is 1. The van der Waals surface area contributed by atoms with Crippen LogP contribution in [-0.4, -0.2) is 29.8 Å². The summed E-state index contributed by atoms with van der Waals surface area (Å²) in [5.74, 6) is -2.68. The number of carbonyl (C=O) groups is 1. The fourth-order valence-corrected chi connectivity index (χ4v) is 2.16. The van der Waals surface area contributed by atoms with Gasteiger partial charge in [-0.1, -0.05) is 6.07 Å². The molecule has 5 nitrogen and oxygen atoms in total. The Labute approximate surface area is 103 Å². The molecule has 1 aromatic carbocycles. The topological polar surface area (TPSA) is 78.8 Å². The fraction of sp³-hybridized carbons (Fsp3) is 0.417. The lowest BCUT2D eigenvalue weighted by molar-refractivity contribution is -0.141. The second-order valence-corrected chi connectivity index (χ2v) is 4.25. The van der Waals surface area contributed by atoms with Gasteiger partial charge < -0.3 is 20.3 Å². The van der Waals surface area contributed by atoms with E-state index in [0.717, 1.165) is 0 Å². The molecule has 1 heterocycles. The lowest BCUT2D eigenvalue weighted by atomic mass is 9.99. The van der Waals surface area contributed by atoms with Crippen molar-refractivity contribution < 1.29 is 24.1 Å². The molecule has 1 fully saturated rings. The minimum Gasteiger partial charge on any atom is -0.502 e. The van der Waals surface area contributed by atoms with Crippen molar-refractivity contribution in [3.63, 3.8) is 0 Å². The zero-order valence-electron chi connectivity index (χ0n) is 9.81. The maximum atomic E-state index is 13.9. The molecule has 2 unspecified atom stereocenters. The van der Waals surface area contributed by atoms with E-state index in [9.17, 15) is 14.3 Å². The van der Waals surface area contributed by atoms with Crippen molar-refractivity contribution in [2.75, 3.05) is 13.7 Å². The van der Waals surface area contributed by atoms with Crippen molar-refractivity contribution in [1.82, 2.24) is 5.32 Å². The van der Waals surface area contributed by atoms with Crippen LogP contribution < -0.4 is 10.1 Å². The van der Waals surface area contributed by atoms with Crippen LogP contribution in [0.2, 0.25) is 0 Å². The molecular weight excluding hydrogens is 241 g/mol. The molecule has 1 aromatic rings. The lowest BCUT2D eigenvalue weighted by Gasteiger charge is -2.14. The summed E-state index contributed by atoms with van der Waals surface area (Å²) in [6.07, 6.45) is 0.304. The summed E-state index contributed by atoms with van der Waals surface area (Å²) in [6, 6.07) is 2.56. The molecular formula is C12H14FNO4. The molecule has 0 spiro atoms. The highest BCUT2D eigenvalue weighted by molar-refractivity contribution is 5.70. The molecule has 0 aliphatic carbocycles. The number of halogens is 1. The van der Waals surface area contributed by atoms with Gasteiger partial charge in [-0.15, -0.1) is 0 Å². The van der Waals surface area contributed by atoms with Gasteiger partial charge in [-0.05, 0) is 12.5 Å². The summed E-state index contributed by atoms with van der Waals surface area (Å²) in [5, 5.41) is 21.4. The van der Waals surface area contributed by atoms with E-state index in [1.165, 1.54) is 19.2 Å². The minimum absolute atomic E-state index is 0.0593. The van der Waals surface area contributed by atoms with E-state index in [1.54, 1.807) is 0 Å². The maximum absolute atomic E-state index is 13.9. The Bertz CT molecular complexity index is 477. The summed E-state index contributed by atoms with van der Waals surface area (Å²) in [5.41, 5.74) is 0.261.